The molecule has 0 amide bonds. The molecule has 1 aliphatic heterocycles. The molecule has 1 saturated carbocycles. The monoisotopic (exact) mass is 303 g/mol. The van der Waals surface area contributed by atoms with Crippen molar-refractivity contribution < 1.29 is 0 Å². The van der Waals surface area contributed by atoms with E-state index in [-0.39, 0.29) is 5.56 Å². The predicted molar refractivity (Wildman–Crippen MR) is 82.8 cm³/mol. The summed E-state index contributed by atoms with van der Waals surface area (Å²) in [4.78, 5) is 26.5. The first-order valence-electron chi connectivity index (χ1n) is 7.71. The fourth-order valence-electron chi connectivity index (χ4n) is 3.19. The predicted octanol–water partition coefficient (Wildman–Crippen LogP) is -0.148. The fraction of sp³-hybridized carbons (Fsp3) is 0.667. The van der Waals surface area contributed by atoms with Crippen LogP contribution in [-0.2, 0) is 14.1 Å². The van der Waals surface area contributed by atoms with Gasteiger partial charge in [-0.15, -0.1) is 0 Å². The lowest BCUT2D eigenvalue weighted by Crippen LogP contribution is -2.40. The van der Waals surface area contributed by atoms with Crippen LogP contribution < -0.4 is 16.6 Å². The summed E-state index contributed by atoms with van der Waals surface area (Å²) in [6.45, 7) is 2.86. The molecule has 118 valence electrons. The molecule has 2 heterocycles. The zero-order chi connectivity index (χ0) is 15.9. The lowest BCUT2D eigenvalue weighted by Gasteiger charge is -2.17. The van der Waals surface area contributed by atoms with Crippen LogP contribution in [0.5, 0.6) is 0 Å². The minimum Gasteiger partial charge on any atom is -0.370 e. The molecule has 22 heavy (non-hydrogen) atoms. The van der Waals surface area contributed by atoms with Gasteiger partial charge in [-0.1, -0.05) is 0 Å². The topological polar surface area (TPSA) is 83.1 Å². The highest BCUT2D eigenvalue weighted by Crippen LogP contribution is 2.31. The first kappa shape index (κ1) is 14.9. The average Bonchev–Trinajstić information content (AvgIpc) is 3.26. The normalized spacial score (nSPS) is 21.8. The number of hydrogen-bond acceptors (Lipinski definition) is 5. The van der Waals surface area contributed by atoms with Gasteiger partial charge in [0.2, 0.25) is 0 Å². The third-order valence-electron chi connectivity index (χ3n) is 4.72. The zero-order valence-corrected chi connectivity index (χ0v) is 13.0. The van der Waals surface area contributed by atoms with Crippen LogP contribution in [-0.4, -0.2) is 39.7 Å². The summed E-state index contributed by atoms with van der Waals surface area (Å²) in [6, 6.07) is 2.69. The summed E-state index contributed by atoms with van der Waals surface area (Å²) in [5.74, 6) is 0.826. The third kappa shape index (κ3) is 2.55. The molecule has 2 aliphatic rings. The van der Waals surface area contributed by atoms with E-state index in [0.717, 1.165) is 30.1 Å². The van der Waals surface area contributed by atoms with Gasteiger partial charge in [0.1, 0.15) is 11.9 Å². The van der Waals surface area contributed by atoms with Crippen molar-refractivity contribution in [1.29, 1.82) is 5.26 Å². The Bertz CT molecular complexity index is 738. The van der Waals surface area contributed by atoms with Gasteiger partial charge in [-0.25, -0.2) is 4.79 Å². The Morgan fingerprint density at radius 2 is 1.95 bits per heavy atom. The smallest absolute Gasteiger partial charge is 0.332 e. The van der Waals surface area contributed by atoms with Crippen LogP contribution in [0.4, 0.5) is 5.82 Å². The lowest BCUT2D eigenvalue weighted by atomic mass is 10.1. The fourth-order valence-corrected chi connectivity index (χ4v) is 3.19. The first-order chi connectivity index (χ1) is 10.5. The Morgan fingerprint density at radius 1 is 1.23 bits per heavy atom. The Kier molecular flexibility index (Phi) is 3.79. The second-order valence-electron chi connectivity index (χ2n) is 6.30. The molecule has 1 aliphatic carbocycles. The summed E-state index contributed by atoms with van der Waals surface area (Å²) in [5, 5.41) is 12.4. The molecule has 2 fully saturated rings. The highest BCUT2D eigenvalue weighted by Gasteiger charge is 2.34. The molecule has 1 aromatic heterocycles. The molecule has 0 spiro atoms. The van der Waals surface area contributed by atoms with Crippen molar-refractivity contribution in [3.63, 3.8) is 0 Å². The number of nitrogens with zero attached hydrogens (tertiary/aromatic N) is 4. The van der Waals surface area contributed by atoms with E-state index >= 15 is 0 Å². The molecule has 3 rings (SSSR count). The molecule has 7 heteroatoms. The molecule has 7 nitrogen and oxygen atoms in total. The molecule has 1 unspecified atom stereocenters. The molecular formula is C15H21N5O2. The van der Waals surface area contributed by atoms with E-state index in [4.69, 9.17) is 0 Å². The Labute approximate surface area is 128 Å². The second kappa shape index (κ2) is 5.61. The van der Waals surface area contributed by atoms with Gasteiger partial charge in [-0.05, 0) is 31.7 Å². The van der Waals surface area contributed by atoms with Gasteiger partial charge in [0.05, 0.1) is 0 Å². The molecule has 0 aromatic carbocycles. The van der Waals surface area contributed by atoms with Gasteiger partial charge in [0.15, 0.2) is 5.56 Å². The van der Waals surface area contributed by atoms with E-state index in [2.05, 4.69) is 10.2 Å². The van der Waals surface area contributed by atoms with Crippen molar-refractivity contribution in [2.24, 2.45) is 20.0 Å². The van der Waals surface area contributed by atoms with E-state index < -0.39 is 11.2 Å². The van der Waals surface area contributed by atoms with Crippen molar-refractivity contribution >= 4 is 5.82 Å². The summed E-state index contributed by atoms with van der Waals surface area (Å²) >= 11 is 0. The summed E-state index contributed by atoms with van der Waals surface area (Å²) in [7, 11) is 2.97. The van der Waals surface area contributed by atoms with Crippen LogP contribution in [0.3, 0.4) is 0 Å². The van der Waals surface area contributed by atoms with Crippen LogP contribution in [0.15, 0.2) is 9.59 Å². The highest BCUT2D eigenvalue weighted by atomic mass is 16.2. The zero-order valence-electron chi connectivity index (χ0n) is 13.0. The van der Waals surface area contributed by atoms with Gasteiger partial charge in [-0.3, -0.25) is 13.9 Å². The highest BCUT2D eigenvalue weighted by molar-refractivity contribution is 5.51. The SMILES string of the molecule is Cn1c(NCC2CCN(C3CC3)C2)c(C#N)c(=O)n(C)c1=O. The number of hydrogen-bond donors (Lipinski definition) is 1. The number of aromatic nitrogens is 2. The maximum absolute atomic E-state index is 12.0. The van der Waals surface area contributed by atoms with Gasteiger partial charge < -0.3 is 10.2 Å². The molecule has 1 aromatic rings. The lowest BCUT2D eigenvalue weighted by molar-refractivity contribution is 0.316. The minimum atomic E-state index is -0.542. The number of nitriles is 1. The average molecular weight is 303 g/mol. The molecule has 1 atom stereocenters. The molecule has 1 saturated heterocycles. The molecule has 1 N–H and O–H groups in total. The Hall–Kier alpha value is -2.07. The van der Waals surface area contributed by atoms with Crippen molar-refractivity contribution in [3.05, 3.63) is 26.4 Å². The summed E-state index contributed by atoms with van der Waals surface area (Å²) in [5.41, 5.74) is -0.960. The Morgan fingerprint density at radius 3 is 2.59 bits per heavy atom. The van der Waals surface area contributed by atoms with Gasteiger partial charge in [-0.2, -0.15) is 5.26 Å². The number of likely N-dealkylation sites (tertiary alicyclic amines) is 1. The van der Waals surface area contributed by atoms with E-state index in [1.165, 1.54) is 24.5 Å². The van der Waals surface area contributed by atoms with E-state index in [1.54, 1.807) is 7.05 Å². The quantitative estimate of drug-likeness (QED) is 0.836. The van der Waals surface area contributed by atoms with E-state index in [1.807, 2.05) is 6.07 Å². The third-order valence-corrected chi connectivity index (χ3v) is 4.72. The van der Waals surface area contributed by atoms with Crippen LogP contribution in [0.1, 0.15) is 24.8 Å². The van der Waals surface area contributed by atoms with Crippen LogP contribution in [0, 0.1) is 17.2 Å². The standard InChI is InChI=1S/C15H21N5O2/c1-18-13(12(7-16)14(21)19(2)15(18)22)17-8-10-5-6-20(9-10)11-3-4-11/h10-11,17H,3-6,8-9H2,1-2H3. The van der Waals surface area contributed by atoms with Crippen molar-refractivity contribution in [3.8, 4) is 6.07 Å². The van der Waals surface area contributed by atoms with Crippen molar-refractivity contribution in [1.82, 2.24) is 14.0 Å². The van der Waals surface area contributed by atoms with Crippen LogP contribution in [0.25, 0.3) is 0 Å². The van der Waals surface area contributed by atoms with Crippen molar-refractivity contribution in [2.75, 3.05) is 25.0 Å². The van der Waals surface area contributed by atoms with Gasteiger partial charge in [0.25, 0.3) is 5.56 Å². The summed E-state index contributed by atoms with van der Waals surface area (Å²) < 4.78 is 2.31. The summed E-state index contributed by atoms with van der Waals surface area (Å²) in [6.07, 6.45) is 3.73. The maximum atomic E-state index is 12.0. The van der Waals surface area contributed by atoms with Crippen molar-refractivity contribution in [2.45, 2.75) is 25.3 Å². The van der Waals surface area contributed by atoms with Crippen LogP contribution >= 0.6 is 0 Å². The van der Waals surface area contributed by atoms with Gasteiger partial charge in [0, 0.05) is 33.2 Å². The van der Waals surface area contributed by atoms with Crippen LogP contribution in [0.2, 0.25) is 0 Å². The number of nitrogens with one attached hydrogen (secondary N) is 1. The number of anilines is 1. The molecule has 0 bridgehead atoms. The molecular weight excluding hydrogens is 282 g/mol. The molecule has 0 radical (unpaired) electrons. The second-order valence-corrected chi connectivity index (χ2v) is 6.30. The van der Waals surface area contributed by atoms with Gasteiger partial charge >= 0.3 is 5.69 Å². The maximum Gasteiger partial charge on any atom is 0.332 e. The van der Waals surface area contributed by atoms with E-state index in [0.29, 0.717) is 18.3 Å². The first-order valence-corrected chi connectivity index (χ1v) is 7.71. The minimum absolute atomic E-state index is 0.00152. The Balaban J connectivity index is 1.76. The number of rotatable bonds is 4. The van der Waals surface area contributed by atoms with E-state index in [9.17, 15) is 14.9 Å². The largest absolute Gasteiger partial charge is 0.370 e.